The molecule has 2 rings (SSSR count). The Hall–Kier alpha value is -1.97. The van der Waals surface area contributed by atoms with E-state index < -0.39 is 0 Å². The van der Waals surface area contributed by atoms with Crippen LogP contribution in [0.3, 0.4) is 0 Å². The van der Waals surface area contributed by atoms with Crippen LogP contribution in [-0.2, 0) is 4.79 Å². The first kappa shape index (κ1) is 15.4. The summed E-state index contributed by atoms with van der Waals surface area (Å²) in [6, 6.07) is 12.3. The fourth-order valence-corrected chi connectivity index (χ4v) is 2.02. The van der Waals surface area contributed by atoms with E-state index in [2.05, 4.69) is 5.32 Å². The van der Waals surface area contributed by atoms with Crippen molar-refractivity contribution in [2.24, 2.45) is 0 Å². The molecule has 0 aliphatic rings. The molecule has 0 unspecified atom stereocenters. The molecule has 0 spiro atoms. The highest BCUT2D eigenvalue weighted by atomic mass is 35.5. The van der Waals surface area contributed by atoms with Gasteiger partial charge in [-0.15, -0.1) is 0 Å². The molecule has 108 valence electrons. The van der Waals surface area contributed by atoms with Gasteiger partial charge in [0.05, 0.1) is 17.8 Å². The highest BCUT2D eigenvalue weighted by Crippen LogP contribution is 2.25. The van der Waals surface area contributed by atoms with Gasteiger partial charge in [-0.25, -0.2) is 0 Å². The van der Waals surface area contributed by atoms with Crippen molar-refractivity contribution in [3.05, 3.63) is 64.1 Å². The van der Waals surface area contributed by atoms with Crippen molar-refractivity contribution < 1.29 is 9.53 Å². The van der Waals surface area contributed by atoms with Gasteiger partial charge in [-0.2, -0.15) is 0 Å². The lowest BCUT2D eigenvalue weighted by Gasteiger charge is -2.05. The molecule has 0 saturated heterocycles. The number of rotatable bonds is 4. The summed E-state index contributed by atoms with van der Waals surface area (Å²) in [4.78, 5) is 11.9. The summed E-state index contributed by atoms with van der Waals surface area (Å²) >= 11 is 11.8. The summed E-state index contributed by atoms with van der Waals surface area (Å²) in [7, 11) is 1.59. The Balaban J connectivity index is 2.07. The van der Waals surface area contributed by atoms with Crippen LogP contribution in [0, 0.1) is 0 Å². The second-order valence-electron chi connectivity index (χ2n) is 4.22. The van der Waals surface area contributed by atoms with Crippen LogP contribution < -0.4 is 10.1 Å². The Morgan fingerprint density at radius 3 is 2.76 bits per heavy atom. The first-order valence-electron chi connectivity index (χ1n) is 6.16. The van der Waals surface area contributed by atoms with Crippen molar-refractivity contribution in [1.29, 1.82) is 0 Å². The molecule has 2 aromatic rings. The highest BCUT2D eigenvalue weighted by Gasteiger charge is 2.04. The van der Waals surface area contributed by atoms with E-state index in [1.807, 2.05) is 24.3 Å². The molecule has 0 aliphatic carbocycles. The second-order valence-corrected chi connectivity index (χ2v) is 5.07. The molecule has 21 heavy (non-hydrogen) atoms. The van der Waals surface area contributed by atoms with Gasteiger partial charge in [0.1, 0.15) is 5.75 Å². The van der Waals surface area contributed by atoms with Crippen molar-refractivity contribution in [3.8, 4) is 5.75 Å². The predicted octanol–water partition coefficient (Wildman–Crippen LogP) is 4.65. The molecule has 0 aromatic heterocycles. The number of carbonyl (C=O) groups excluding carboxylic acids is 1. The number of hydrogen-bond acceptors (Lipinski definition) is 2. The van der Waals surface area contributed by atoms with Crippen molar-refractivity contribution in [3.63, 3.8) is 0 Å². The van der Waals surface area contributed by atoms with Gasteiger partial charge in [-0.1, -0.05) is 35.3 Å². The monoisotopic (exact) mass is 321 g/mol. The summed E-state index contributed by atoms with van der Waals surface area (Å²) in [5.41, 5.74) is 1.34. The minimum atomic E-state index is -0.290. The number of nitrogens with one attached hydrogen (secondary N) is 1. The zero-order chi connectivity index (χ0) is 15.2. The molecule has 0 radical (unpaired) electrons. The van der Waals surface area contributed by atoms with Gasteiger partial charge in [0.15, 0.2) is 0 Å². The molecule has 1 amide bonds. The number of carbonyl (C=O) groups is 1. The molecule has 0 heterocycles. The van der Waals surface area contributed by atoms with Crippen LogP contribution >= 0.6 is 23.2 Å². The minimum absolute atomic E-state index is 0.290. The molecule has 0 atom stereocenters. The van der Waals surface area contributed by atoms with Crippen LogP contribution in [0.25, 0.3) is 6.08 Å². The fraction of sp³-hybridized carbons (Fsp3) is 0.0625. The largest absolute Gasteiger partial charge is 0.497 e. The van der Waals surface area contributed by atoms with Crippen LogP contribution in [0.1, 0.15) is 5.56 Å². The van der Waals surface area contributed by atoms with Crippen LogP contribution in [0.2, 0.25) is 10.0 Å². The van der Waals surface area contributed by atoms with Crippen LogP contribution in [0.4, 0.5) is 5.69 Å². The third-order valence-electron chi connectivity index (χ3n) is 2.71. The van der Waals surface area contributed by atoms with Gasteiger partial charge in [0.25, 0.3) is 0 Å². The number of anilines is 1. The van der Waals surface area contributed by atoms with Crippen LogP contribution in [0.15, 0.2) is 48.5 Å². The predicted molar refractivity (Wildman–Crippen MR) is 87.1 cm³/mol. The van der Waals surface area contributed by atoms with E-state index in [4.69, 9.17) is 27.9 Å². The maximum absolute atomic E-state index is 11.9. The average molecular weight is 322 g/mol. The third-order valence-corrected chi connectivity index (χ3v) is 3.27. The zero-order valence-corrected chi connectivity index (χ0v) is 12.8. The Morgan fingerprint density at radius 2 is 2.00 bits per heavy atom. The van der Waals surface area contributed by atoms with Crippen molar-refractivity contribution in [1.82, 2.24) is 0 Å². The van der Waals surface area contributed by atoms with Gasteiger partial charge in [0.2, 0.25) is 5.91 Å². The van der Waals surface area contributed by atoms with Crippen LogP contribution in [0.5, 0.6) is 5.75 Å². The van der Waals surface area contributed by atoms with Gasteiger partial charge >= 0.3 is 0 Å². The van der Waals surface area contributed by atoms with E-state index >= 15 is 0 Å². The van der Waals surface area contributed by atoms with Crippen molar-refractivity contribution >= 4 is 40.9 Å². The molecule has 3 nitrogen and oxygen atoms in total. The van der Waals surface area contributed by atoms with Crippen molar-refractivity contribution in [2.75, 3.05) is 12.4 Å². The number of benzene rings is 2. The Morgan fingerprint density at radius 1 is 1.19 bits per heavy atom. The number of halogens is 2. The van der Waals surface area contributed by atoms with Crippen LogP contribution in [-0.4, -0.2) is 13.0 Å². The Labute approximate surface area is 133 Å². The number of amides is 1. The molecular weight excluding hydrogens is 309 g/mol. The van der Waals surface area contributed by atoms with E-state index in [0.717, 1.165) is 11.3 Å². The maximum atomic E-state index is 11.9. The number of methoxy groups -OCH3 is 1. The van der Waals surface area contributed by atoms with Gasteiger partial charge < -0.3 is 10.1 Å². The normalized spacial score (nSPS) is 10.6. The Kier molecular flexibility index (Phi) is 5.26. The SMILES string of the molecule is COc1cccc(/C=C/C(=O)Nc2cc(Cl)ccc2Cl)c1. The summed E-state index contributed by atoms with van der Waals surface area (Å²) < 4.78 is 5.12. The Bertz CT molecular complexity index is 684. The van der Waals surface area contributed by atoms with E-state index in [0.29, 0.717) is 15.7 Å². The summed E-state index contributed by atoms with van der Waals surface area (Å²) in [5, 5.41) is 3.62. The second kappa shape index (κ2) is 7.16. The molecule has 5 heteroatoms. The summed E-state index contributed by atoms with van der Waals surface area (Å²) in [6.45, 7) is 0. The lowest BCUT2D eigenvalue weighted by molar-refractivity contribution is -0.111. The van der Waals surface area contributed by atoms with Gasteiger partial charge in [-0.3, -0.25) is 4.79 Å². The van der Waals surface area contributed by atoms with E-state index in [1.54, 1.807) is 31.4 Å². The minimum Gasteiger partial charge on any atom is -0.497 e. The topological polar surface area (TPSA) is 38.3 Å². The molecule has 2 aromatic carbocycles. The number of ether oxygens (including phenoxy) is 1. The van der Waals surface area contributed by atoms with Gasteiger partial charge in [0, 0.05) is 11.1 Å². The smallest absolute Gasteiger partial charge is 0.248 e. The first-order valence-corrected chi connectivity index (χ1v) is 6.92. The number of hydrogen-bond donors (Lipinski definition) is 1. The van der Waals surface area contributed by atoms with Crippen molar-refractivity contribution in [2.45, 2.75) is 0 Å². The van der Waals surface area contributed by atoms with Gasteiger partial charge in [-0.05, 0) is 42.0 Å². The molecule has 1 N–H and O–H groups in total. The molecule has 0 fully saturated rings. The van der Waals surface area contributed by atoms with E-state index in [9.17, 15) is 4.79 Å². The lowest BCUT2D eigenvalue weighted by Crippen LogP contribution is -2.08. The zero-order valence-electron chi connectivity index (χ0n) is 11.3. The molecule has 0 aliphatic heterocycles. The van der Waals surface area contributed by atoms with E-state index in [1.165, 1.54) is 6.08 Å². The molecule has 0 bridgehead atoms. The first-order chi connectivity index (χ1) is 10.1. The quantitative estimate of drug-likeness (QED) is 0.832. The fourth-order valence-electron chi connectivity index (χ4n) is 1.68. The standard InChI is InChI=1S/C16H13Cl2NO2/c1-21-13-4-2-3-11(9-13)5-8-16(20)19-15-10-12(17)6-7-14(15)18/h2-10H,1H3,(H,19,20)/b8-5+. The maximum Gasteiger partial charge on any atom is 0.248 e. The molecule has 0 saturated carbocycles. The van der Waals surface area contributed by atoms with E-state index in [-0.39, 0.29) is 5.91 Å². The average Bonchev–Trinajstić information content (AvgIpc) is 2.49. The molecular formula is C16H13Cl2NO2. The highest BCUT2D eigenvalue weighted by molar-refractivity contribution is 6.35. The summed E-state index contributed by atoms with van der Waals surface area (Å²) in [5.74, 6) is 0.442. The third kappa shape index (κ3) is 4.52. The summed E-state index contributed by atoms with van der Waals surface area (Å²) in [6.07, 6.45) is 3.11. The lowest BCUT2D eigenvalue weighted by atomic mass is 10.2.